The standard InChI is InChI=1S/C22H26FN3O2.ClH/c1-22(24)13-3-2-4-19(22)21(28)26-18-11-7-16(8-12-18)20(27)25-14-15-5-9-17(23)10-6-15;/h5-12,19H,2-4,13-14,24H2,1H3,(H,25,27)(H,26,28);1H. The van der Waals surface area contributed by atoms with Gasteiger partial charge in [0, 0.05) is 23.3 Å². The Morgan fingerprint density at radius 1 is 1.10 bits per heavy atom. The van der Waals surface area contributed by atoms with Crippen molar-refractivity contribution in [1.29, 1.82) is 0 Å². The summed E-state index contributed by atoms with van der Waals surface area (Å²) in [6, 6.07) is 12.7. The van der Waals surface area contributed by atoms with E-state index in [0.717, 1.165) is 31.2 Å². The molecule has 1 fully saturated rings. The second-order valence-corrected chi connectivity index (χ2v) is 7.68. The van der Waals surface area contributed by atoms with Gasteiger partial charge in [-0.3, -0.25) is 9.59 Å². The fraction of sp³-hybridized carbons (Fsp3) is 0.364. The van der Waals surface area contributed by atoms with Crippen LogP contribution in [0.1, 0.15) is 48.5 Å². The van der Waals surface area contributed by atoms with Gasteiger partial charge in [-0.15, -0.1) is 12.4 Å². The summed E-state index contributed by atoms with van der Waals surface area (Å²) < 4.78 is 12.9. The topological polar surface area (TPSA) is 84.2 Å². The van der Waals surface area contributed by atoms with E-state index >= 15 is 0 Å². The summed E-state index contributed by atoms with van der Waals surface area (Å²) in [6.07, 6.45) is 3.71. The third kappa shape index (κ3) is 6.02. The maximum atomic E-state index is 12.9. The number of hydrogen-bond donors (Lipinski definition) is 3. The predicted octanol–water partition coefficient (Wildman–Crippen LogP) is 4.02. The number of nitrogens with two attached hydrogens (primary N) is 1. The zero-order valence-electron chi connectivity index (χ0n) is 16.4. The first-order chi connectivity index (χ1) is 13.3. The van der Waals surface area contributed by atoms with E-state index in [0.29, 0.717) is 17.8 Å². The molecule has 2 aromatic rings. The summed E-state index contributed by atoms with van der Waals surface area (Å²) in [5.41, 5.74) is 7.76. The lowest BCUT2D eigenvalue weighted by atomic mass is 9.74. The highest BCUT2D eigenvalue weighted by atomic mass is 35.5. The Labute approximate surface area is 176 Å². The minimum atomic E-state index is -0.484. The molecule has 156 valence electrons. The fourth-order valence-electron chi connectivity index (χ4n) is 3.61. The minimum absolute atomic E-state index is 0. The molecule has 4 N–H and O–H groups in total. The zero-order valence-corrected chi connectivity index (χ0v) is 17.2. The summed E-state index contributed by atoms with van der Waals surface area (Å²) in [7, 11) is 0. The smallest absolute Gasteiger partial charge is 0.251 e. The molecule has 2 aromatic carbocycles. The van der Waals surface area contributed by atoms with Gasteiger partial charge < -0.3 is 16.4 Å². The maximum absolute atomic E-state index is 12.9. The van der Waals surface area contributed by atoms with Crippen LogP contribution in [-0.2, 0) is 11.3 Å². The molecule has 2 amide bonds. The first kappa shape index (κ1) is 22.8. The molecular formula is C22H27ClFN3O2. The Kier molecular flexibility index (Phi) is 7.76. The molecule has 0 aromatic heterocycles. The molecule has 5 nitrogen and oxygen atoms in total. The van der Waals surface area contributed by atoms with Gasteiger partial charge in [-0.25, -0.2) is 4.39 Å². The van der Waals surface area contributed by atoms with E-state index in [1.165, 1.54) is 12.1 Å². The molecule has 0 radical (unpaired) electrons. The molecule has 0 bridgehead atoms. The number of nitrogens with one attached hydrogen (secondary N) is 2. The highest BCUT2D eigenvalue weighted by Crippen LogP contribution is 2.32. The number of amides is 2. The summed E-state index contributed by atoms with van der Waals surface area (Å²) in [6.45, 7) is 2.25. The lowest BCUT2D eigenvalue weighted by molar-refractivity contribution is -0.122. The Morgan fingerprint density at radius 2 is 1.76 bits per heavy atom. The molecule has 0 saturated heterocycles. The van der Waals surface area contributed by atoms with E-state index in [1.807, 2.05) is 6.92 Å². The molecule has 3 rings (SSSR count). The van der Waals surface area contributed by atoms with Crippen molar-refractivity contribution < 1.29 is 14.0 Å². The van der Waals surface area contributed by atoms with Gasteiger partial charge in [-0.1, -0.05) is 25.0 Å². The molecule has 7 heteroatoms. The summed E-state index contributed by atoms with van der Waals surface area (Å²) in [5.74, 6) is -0.821. The Balaban J connectivity index is 0.00000300. The van der Waals surface area contributed by atoms with Crippen molar-refractivity contribution in [2.24, 2.45) is 11.7 Å². The van der Waals surface area contributed by atoms with Crippen LogP contribution in [0.2, 0.25) is 0 Å². The molecule has 0 heterocycles. The van der Waals surface area contributed by atoms with E-state index in [9.17, 15) is 14.0 Å². The predicted molar refractivity (Wildman–Crippen MR) is 114 cm³/mol. The normalized spacial score (nSPS) is 21.0. The number of anilines is 1. The van der Waals surface area contributed by atoms with Gasteiger partial charge in [-0.2, -0.15) is 0 Å². The number of carbonyl (C=O) groups is 2. The zero-order chi connectivity index (χ0) is 20.1. The highest BCUT2D eigenvalue weighted by Gasteiger charge is 2.37. The van der Waals surface area contributed by atoms with Crippen molar-refractivity contribution in [3.05, 3.63) is 65.5 Å². The minimum Gasteiger partial charge on any atom is -0.348 e. The monoisotopic (exact) mass is 419 g/mol. The number of halogens is 2. The van der Waals surface area contributed by atoms with E-state index < -0.39 is 5.54 Å². The molecule has 0 spiro atoms. The van der Waals surface area contributed by atoms with Crippen molar-refractivity contribution in [3.8, 4) is 0 Å². The van der Waals surface area contributed by atoms with E-state index in [4.69, 9.17) is 5.73 Å². The third-order valence-electron chi connectivity index (χ3n) is 5.35. The molecule has 1 aliphatic carbocycles. The Bertz CT molecular complexity index is 838. The molecule has 2 unspecified atom stereocenters. The van der Waals surface area contributed by atoms with Crippen LogP contribution < -0.4 is 16.4 Å². The maximum Gasteiger partial charge on any atom is 0.251 e. The fourth-order valence-corrected chi connectivity index (χ4v) is 3.61. The second-order valence-electron chi connectivity index (χ2n) is 7.68. The Morgan fingerprint density at radius 3 is 2.38 bits per heavy atom. The number of rotatable bonds is 5. The van der Waals surface area contributed by atoms with Crippen LogP contribution in [0.15, 0.2) is 48.5 Å². The van der Waals surface area contributed by atoms with Crippen molar-refractivity contribution in [2.75, 3.05) is 5.32 Å². The summed E-state index contributed by atoms with van der Waals surface area (Å²) >= 11 is 0. The van der Waals surface area contributed by atoms with Gasteiger partial charge in [0.05, 0.1) is 5.92 Å². The van der Waals surface area contributed by atoms with E-state index in [1.54, 1.807) is 36.4 Å². The molecule has 29 heavy (non-hydrogen) atoms. The Hall–Kier alpha value is -2.44. The van der Waals surface area contributed by atoms with Gasteiger partial charge in [0.25, 0.3) is 5.91 Å². The highest BCUT2D eigenvalue weighted by molar-refractivity contribution is 5.96. The second kappa shape index (κ2) is 9.85. The quantitative estimate of drug-likeness (QED) is 0.684. The van der Waals surface area contributed by atoms with Crippen LogP contribution in [0, 0.1) is 11.7 Å². The largest absolute Gasteiger partial charge is 0.348 e. The van der Waals surface area contributed by atoms with Crippen LogP contribution >= 0.6 is 12.4 Å². The van der Waals surface area contributed by atoms with Gasteiger partial charge in [0.1, 0.15) is 5.82 Å². The molecule has 1 saturated carbocycles. The van der Waals surface area contributed by atoms with Gasteiger partial charge in [-0.05, 0) is 61.7 Å². The van der Waals surface area contributed by atoms with Crippen molar-refractivity contribution in [2.45, 2.75) is 44.7 Å². The number of carbonyl (C=O) groups excluding carboxylic acids is 2. The molecular weight excluding hydrogens is 393 g/mol. The molecule has 2 atom stereocenters. The molecule has 1 aliphatic rings. The van der Waals surface area contributed by atoms with Crippen molar-refractivity contribution >= 4 is 29.9 Å². The van der Waals surface area contributed by atoms with E-state index in [-0.39, 0.29) is 36.0 Å². The van der Waals surface area contributed by atoms with Crippen molar-refractivity contribution in [1.82, 2.24) is 5.32 Å². The van der Waals surface area contributed by atoms with Gasteiger partial charge in [0.2, 0.25) is 5.91 Å². The van der Waals surface area contributed by atoms with Crippen LogP contribution in [0.4, 0.5) is 10.1 Å². The number of benzene rings is 2. The molecule has 0 aliphatic heterocycles. The SMILES string of the molecule is CC1(N)CCCCC1C(=O)Nc1ccc(C(=O)NCc2ccc(F)cc2)cc1.Cl. The summed E-state index contributed by atoms with van der Waals surface area (Å²) in [4.78, 5) is 24.9. The van der Waals surface area contributed by atoms with Crippen LogP contribution in [0.5, 0.6) is 0 Å². The van der Waals surface area contributed by atoms with Crippen molar-refractivity contribution in [3.63, 3.8) is 0 Å². The summed E-state index contributed by atoms with van der Waals surface area (Å²) in [5, 5.41) is 5.70. The lowest BCUT2D eigenvalue weighted by Gasteiger charge is -2.37. The first-order valence-corrected chi connectivity index (χ1v) is 9.57. The van der Waals surface area contributed by atoms with Crippen LogP contribution in [-0.4, -0.2) is 17.4 Å². The number of hydrogen-bond acceptors (Lipinski definition) is 3. The average Bonchev–Trinajstić information content (AvgIpc) is 2.67. The first-order valence-electron chi connectivity index (χ1n) is 9.57. The third-order valence-corrected chi connectivity index (χ3v) is 5.35. The van der Waals surface area contributed by atoms with E-state index in [2.05, 4.69) is 10.6 Å². The van der Waals surface area contributed by atoms with Gasteiger partial charge in [0.15, 0.2) is 0 Å². The van der Waals surface area contributed by atoms with Crippen LogP contribution in [0.3, 0.4) is 0 Å². The van der Waals surface area contributed by atoms with Crippen LogP contribution in [0.25, 0.3) is 0 Å². The lowest BCUT2D eigenvalue weighted by Crippen LogP contribution is -2.51. The van der Waals surface area contributed by atoms with Gasteiger partial charge >= 0.3 is 0 Å². The average molecular weight is 420 g/mol.